The Kier molecular flexibility index (Phi) is 3.86. The van der Waals surface area contributed by atoms with E-state index in [0.717, 1.165) is 0 Å². The number of rotatable bonds is 4. The molecule has 2 aliphatic rings. The van der Waals surface area contributed by atoms with Crippen LogP contribution in [0.5, 0.6) is 5.75 Å². The Morgan fingerprint density at radius 1 is 1.46 bits per heavy atom. The number of primary amides is 1. The van der Waals surface area contributed by atoms with E-state index in [2.05, 4.69) is 11.9 Å². The summed E-state index contributed by atoms with van der Waals surface area (Å²) >= 11 is 0. The van der Waals surface area contributed by atoms with Crippen molar-refractivity contribution in [1.82, 2.24) is 5.32 Å². The molecule has 3 N–H and O–H groups in total. The Morgan fingerprint density at radius 3 is 2.88 bits per heavy atom. The molecule has 1 aromatic carbocycles. The first-order valence-corrected chi connectivity index (χ1v) is 7.48. The Labute approximate surface area is 138 Å². The van der Waals surface area contributed by atoms with Crippen molar-refractivity contribution in [3.05, 3.63) is 46.8 Å². The number of nitrogens with two attached hydrogens (primary N) is 1. The fourth-order valence-electron chi connectivity index (χ4n) is 3.15. The van der Waals surface area contributed by atoms with Crippen molar-refractivity contribution in [2.45, 2.75) is 25.4 Å². The molecule has 1 fully saturated rings. The number of nitrogens with one attached hydrogen (secondary N) is 1. The van der Waals surface area contributed by atoms with Gasteiger partial charge in [0, 0.05) is 17.7 Å². The van der Waals surface area contributed by atoms with Gasteiger partial charge in [0.15, 0.2) is 12.6 Å². The summed E-state index contributed by atoms with van der Waals surface area (Å²) in [4.78, 5) is 35.8. The number of quaternary nitrogens is 1. The largest absolute Gasteiger partial charge is 0.624 e. The van der Waals surface area contributed by atoms with Gasteiger partial charge in [-0.25, -0.2) is 4.79 Å². The molecule has 0 saturated carbocycles. The molecular formula is C16H17N3O5. The number of allylic oxidation sites excluding steroid dienone is 1. The molecule has 2 atom stereocenters. The Hall–Kier alpha value is -2.71. The molecule has 0 aromatic heterocycles. The molecular weight excluding hydrogens is 314 g/mol. The molecule has 1 saturated heterocycles. The second-order valence-corrected chi connectivity index (χ2v) is 5.95. The molecule has 126 valence electrons. The molecule has 1 aromatic rings. The lowest BCUT2D eigenvalue weighted by Crippen LogP contribution is -2.59. The predicted octanol–water partition coefficient (Wildman–Crippen LogP) is 0.311. The summed E-state index contributed by atoms with van der Waals surface area (Å²) in [6.07, 6.45) is 0.707. The van der Waals surface area contributed by atoms with Crippen LogP contribution < -0.4 is 15.8 Å². The van der Waals surface area contributed by atoms with Gasteiger partial charge in [0.05, 0.1) is 0 Å². The third-order valence-corrected chi connectivity index (χ3v) is 4.27. The van der Waals surface area contributed by atoms with E-state index in [1.54, 1.807) is 12.1 Å². The molecule has 24 heavy (non-hydrogen) atoms. The van der Waals surface area contributed by atoms with E-state index in [9.17, 15) is 19.6 Å². The number of amides is 3. The molecule has 0 bridgehead atoms. The van der Waals surface area contributed by atoms with Gasteiger partial charge in [-0.1, -0.05) is 18.7 Å². The maximum Gasteiger partial charge on any atom is 0.351 e. The molecule has 2 heterocycles. The van der Waals surface area contributed by atoms with E-state index in [0.29, 0.717) is 17.7 Å². The van der Waals surface area contributed by atoms with Crippen LogP contribution in [0.15, 0.2) is 30.5 Å². The topological polar surface area (TPSA) is 122 Å². The van der Waals surface area contributed by atoms with Crippen LogP contribution in [0, 0.1) is 5.21 Å². The lowest BCUT2D eigenvalue weighted by molar-refractivity contribution is -0.825. The van der Waals surface area contributed by atoms with E-state index in [4.69, 9.17) is 10.5 Å². The van der Waals surface area contributed by atoms with Crippen LogP contribution in [0.3, 0.4) is 0 Å². The number of nitrogens with zero attached hydrogens (tertiary/aromatic N) is 1. The van der Waals surface area contributed by atoms with Gasteiger partial charge in [-0.15, -0.1) is 0 Å². The van der Waals surface area contributed by atoms with E-state index in [-0.39, 0.29) is 24.3 Å². The Morgan fingerprint density at radius 2 is 2.21 bits per heavy atom. The summed E-state index contributed by atoms with van der Waals surface area (Å²) in [5, 5.41) is 15.7. The highest BCUT2D eigenvalue weighted by atomic mass is 16.6. The van der Waals surface area contributed by atoms with Crippen LogP contribution in [-0.2, 0) is 16.1 Å². The fourth-order valence-corrected chi connectivity index (χ4v) is 3.15. The summed E-state index contributed by atoms with van der Waals surface area (Å²) in [6, 6.07) is 3.74. The van der Waals surface area contributed by atoms with Crippen molar-refractivity contribution < 1.29 is 23.8 Å². The zero-order chi connectivity index (χ0) is 17.5. The minimum atomic E-state index is -1.29. The lowest BCUT2D eigenvalue weighted by atomic mass is 10.0. The zero-order valence-electron chi connectivity index (χ0n) is 12.9. The van der Waals surface area contributed by atoms with Gasteiger partial charge in [0.2, 0.25) is 0 Å². The number of benzene rings is 1. The number of carbonyl (C=O) groups is 3. The molecule has 2 aliphatic heterocycles. The maximum absolute atomic E-state index is 13.2. The second-order valence-electron chi connectivity index (χ2n) is 5.95. The van der Waals surface area contributed by atoms with Gasteiger partial charge in [-0.05, 0) is 12.5 Å². The minimum Gasteiger partial charge on any atom is -0.624 e. The number of piperidine rings is 1. The molecule has 0 aliphatic carbocycles. The van der Waals surface area contributed by atoms with E-state index < -0.39 is 35.0 Å². The number of carbonyl (C=O) groups excluding carboxylic acids is 3. The summed E-state index contributed by atoms with van der Waals surface area (Å²) < 4.78 is 3.96. The standard InChI is InChI=1S/C16H17N3O5/c1-9-5-6-11(15(21)18-9)19(23)7-10-3-2-4-12(14(10)16(19)22)24-8-13(17)20/h2-4,11H,1,5-8H2,(H2,17,20)(H,18,21). The molecule has 3 amide bonds. The van der Waals surface area contributed by atoms with Crippen LogP contribution in [0.4, 0.5) is 0 Å². The monoisotopic (exact) mass is 331 g/mol. The zero-order valence-corrected chi connectivity index (χ0v) is 12.9. The quantitative estimate of drug-likeness (QED) is 0.607. The van der Waals surface area contributed by atoms with E-state index in [1.807, 2.05) is 0 Å². The first-order chi connectivity index (χ1) is 11.3. The molecule has 8 nitrogen and oxygen atoms in total. The van der Waals surface area contributed by atoms with Crippen LogP contribution in [0.25, 0.3) is 0 Å². The van der Waals surface area contributed by atoms with Crippen LogP contribution in [0.2, 0.25) is 0 Å². The summed E-state index contributed by atoms with van der Waals surface area (Å²) in [6.45, 7) is 3.13. The highest BCUT2D eigenvalue weighted by Crippen LogP contribution is 2.39. The highest BCUT2D eigenvalue weighted by molar-refractivity contribution is 5.98. The van der Waals surface area contributed by atoms with Crippen molar-refractivity contribution in [2.24, 2.45) is 5.73 Å². The van der Waals surface area contributed by atoms with Gasteiger partial charge < -0.3 is 21.0 Å². The average Bonchev–Trinajstić information content (AvgIpc) is 2.77. The normalized spacial score (nSPS) is 26.0. The van der Waals surface area contributed by atoms with E-state index >= 15 is 0 Å². The lowest BCUT2D eigenvalue weighted by Gasteiger charge is -2.43. The number of fused-ring (bicyclic) bond motifs is 1. The third-order valence-electron chi connectivity index (χ3n) is 4.27. The molecule has 2 unspecified atom stereocenters. The molecule has 3 rings (SSSR count). The van der Waals surface area contributed by atoms with Crippen molar-refractivity contribution in [3.63, 3.8) is 0 Å². The summed E-state index contributed by atoms with van der Waals surface area (Å²) in [5.41, 5.74) is 6.20. The van der Waals surface area contributed by atoms with Gasteiger partial charge in [-0.2, -0.15) is 0 Å². The first-order valence-electron chi connectivity index (χ1n) is 7.48. The fraction of sp³-hybridized carbons (Fsp3) is 0.312. The van der Waals surface area contributed by atoms with Crippen molar-refractivity contribution in [2.75, 3.05) is 6.61 Å². The summed E-state index contributed by atoms with van der Waals surface area (Å²) in [5.74, 6) is -1.79. The predicted molar refractivity (Wildman–Crippen MR) is 83.1 cm³/mol. The molecule has 0 spiro atoms. The third kappa shape index (κ3) is 2.55. The van der Waals surface area contributed by atoms with Gasteiger partial charge >= 0.3 is 5.91 Å². The van der Waals surface area contributed by atoms with Crippen LogP contribution in [-0.4, -0.2) is 35.0 Å². The molecule has 0 radical (unpaired) electrons. The van der Waals surface area contributed by atoms with E-state index in [1.165, 1.54) is 6.07 Å². The minimum absolute atomic E-state index is 0.117. The Bertz CT molecular complexity index is 760. The maximum atomic E-state index is 13.2. The first kappa shape index (κ1) is 16.2. The van der Waals surface area contributed by atoms with Crippen LogP contribution >= 0.6 is 0 Å². The average molecular weight is 331 g/mol. The van der Waals surface area contributed by atoms with Crippen molar-refractivity contribution in [1.29, 1.82) is 0 Å². The Balaban J connectivity index is 1.93. The summed E-state index contributed by atoms with van der Waals surface area (Å²) in [7, 11) is 0. The second kappa shape index (κ2) is 5.73. The van der Waals surface area contributed by atoms with Crippen LogP contribution in [0.1, 0.15) is 28.8 Å². The van der Waals surface area contributed by atoms with Gasteiger partial charge in [0.1, 0.15) is 17.9 Å². The van der Waals surface area contributed by atoms with Gasteiger partial charge in [-0.3, -0.25) is 14.2 Å². The smallest absolute Gasteiger partial charge is 0.351 e. The number of hydroxylamine groups is 3. The SMILES string of the molecule is C=C1CCC([N+]2([O-])Cc3cccc(OCC(N)=O)c3C2=O)C(=O)N1. The number of ether oxygens (including phenoxy) is 1. The number of hydrogen-bond acceptors (Lipinski definition) is 5. The van der Waals surface area contributed by atoms with Crippen molar-refractivity contribution >= 4 is 17.7 Å². The highest BCUT2D eigenvalue weighted by Gasteiger charge is 2.50. The molecule has 8 heteroatoms. The van der Waals surface area contributed by atoms with Gasteiger partial charge in [0.25, 0.3) is 11.8 Å². The number of hydrogen-bond donors (Lipinski definition) is 2. The van der Waals surface area contributed by atoms with Crippen molar-refractivity contribution in [3.8, 4) is 5.75 Å².